The Bertz CT molecular complexity index is 679. The normalized spacial score (nSPS) is 39.9. The lowest BCUT2D eigenvalue weighted by Gasteiger charge is -2.61. The molecule has 1 aromatic rings. The minimum absolute atomic E-state index is 0.0324. The second kappa shape index (κ2) is 5.62. The maximum Gasteiger partial charge on any atom is 0.338 e. The van der Waals surface area contributed by atoms with Gasteiger partial charge in [-0.25, -0.2) is 4.79 Å². The maximum atomic E-state index is 12.5. The highest BCUT2D eigenvalue weighted by atomic mass is 16.5. The van der Waals surface area contributed by atoms with Gasteiger partial charge in [0.1, 0.15) is 6.10 Å². The van der Waals surface area contributed by atoms with Crippen molar-refractivity contribution in [3.05, 3.63) is 35.9 Å². The standard InChI is InChI=1S/C21H25NO2/c1-2-20(14-22)13-21-12-6-9-17(16(21)10-11-18(20)21)24-19(23)15-7-4-3-5-8-15/h3-5,7-8,16-18H,2,6,9-13H2,1H3/t16?,17-,18?,20-,21+/m0/s1. The fourth-order valence-electron chi connectivity index (χ4n) is 6.17. The molecule has 0 radical (unpaired) electrons. The fourth-order valence-corrected chi connectivity index (χ4v) is 6.17. The van der Waals surface area contributed by atoms with Crippen molar-refractivity contribution >= 4 is 5.97 Å². The highest BCUT2D eigenvalue weighted by molar-refractivity contribution is 5.89. The molecule has 3 fully saturated rings. The van der Waals surface area contributed by atoms with Crippen LogP contribution in [0.1, 0.15) is 62.2 Å². The van der Waals surface area contributed by atoms with Gasteiger partial charge >= 0.3 is 5.97 Å². The van der Waals surface area contributed by atoms with Crippen LogP contribution >= 0.6 is 0 Å². The zero-order valence-electron chi connectivity index (χ0n) is 14.3. The van der Waals surface area contributed by atoms with E-state index in [0.29, 0.717) is 17.4 Å². The third kappa shape index (κ3) is 2.05. The average molecular weight is 323 g/mol. The molecule has 3 saturated carbocycles. The lowest BCUT2D eigenvalue weighted by molar-refractivity contribution is -0.148. The van der Waals surface area contributed by atoms with Crippen molar-refractivity contribution in [2.45, 2.75) is 58.0 Å². The Labute approximate surface area is 144 Å². The highest BCUT2D eigenvalue weighted by Crippen LogP contribution is 2.74. The molecule has 3 nitrogen and oxygen atoms in total. The van der Waals surface area contributed by atoms with Gasteiger partial charge < -0.3 is 4.74 Å². The van der Waals surface area contributed by atoms with Gasteiger partial charge in [-0.15, -0.1) is 0 Å². The Balaban J connectivity index is 1.52. The fraction of sp³-hybridized carbons (Fsp3) is 0.619. The third-order valence-corrected chi connectivity index (χ3v) is 7.21. The predicted octanol–water partition coefficient (Wildman–Crippen LogP) is 4.73. The number of ether oxygens (including phenoxy) is 1. The van der Waals surface area contributed by atoms with Crippen LogP contribution in [-0.4, -0.2) is 12.1 Å². The molecular weight excluding hydrogens is 298 g/mol. The summed E-state index contributed by atoms with van der Waals surface area (Å²) < 4.78 is 5.95. The van der Waals surface area contributed by atoms with Crippen molar-refractivity contribution in [3.63, 3.8) is 0 Å². The molecule has 3 aliphatic carbocycles. The second-order valence-electron chi connectivity index (χ2n) is 7.97. The molecule has 0 N–H and O–H groups in total. The molecule has 0 aromatic heterocycles. The summed E-state index contributed by atoms with van der Waals surface area (Å²) in [5, 5.41) is 9.70. The summed E-state index contributed by atoms with van der Waals surface area (Å²) in [5.41, 5.74) is 0.798. The molecule has 1 spiro atoms. The number of benzene rings is 1. The van der Waals surface area contributed by atoms with Gasteiger partial charge in [-0.3, -0.25) is 0 Å². The molecule has 3 aliphatic rings. The topological polar surface area (TPSA) is 50.1 Å². The van der Waals surface area contributed by atoms with Gasteiger partial charge in [-0.2, -0.15) is 5.26 Å². The van der Waals surface area contributed by atoms with Gasteiger partial charge in [0.15, 0.2) is 0 Å². The summed E-state index contributed by atoms with van der Waals surface area (Å²) in [6.45, 7) is 2.15. The SMILES string of the molecule is CC[C@@]1(C#N)C[C@]23CCC[C@H](OC(=O)c4ccccc4)C2CCC13. The number of carbonyl (C=O) groups excluding carboxylic acids is 1. The first kappa shape index (κ1) is 15.7. The van der Waals surface area contributed by atoms with Crippen LogP contribution in [-0.2, 0) is 4.74 Å². The van der Waals surface area contributed by atoms with Gasteiger partial charge in [0.25, 0.3) is 0 Å². The van der Waals surface area contributed by atoms with E-state index in [0.717, 1.165) is 38.5 Å². The second-order valence-corrected chi connectivity index (χ2v) is 7.97. The number of rotatable bonds is 3. The Morgan fingerprint density at radius 1 is 1.29 bits per heavy atom. The lowest BCUT2D eigenvalue weighted by Crippen LogP contribution is -2.58. The van der Waals surface area contributed by atoms with E-state index in [9.17, 15) is 10.1 Å². The molecule has 3 heteroatoms. The maximum absolute atomic E-state index is 12.5. The number of nitrogens with zero attached hydrogens (tertiary/aromatic N) is 1. The molecule has 4 rings (SSSR count). The largest absolute Gasteiger partial charge is 0.458 e. The Hall–Kier alpha value is -1.82. The van der Waals surface area contributed by atoms with Crippen LogP contribution in [0.3, 0.4) is 0 Å². The summed E-state index contributed by atoms with van der Waals surface area (Å²) in [5.74, 6) is 0.780. The van der Waals surface area contributed by atoms with Crippen LogP contribution < -0.4 is 0 Å². The van der Waals surface area contributed by atoms with Gasteiger partial charge in [-0.1, -0.05) is 25.1 Å². The van der Waals surface area contributed by atoms with Crippen LogP contribution in [0, 0.1) is 34.0 Å². The van der Waals surface area contributed by atoms with Gasteiger partial charge in [-0.05, 0) is 68.4 Å². The van der Waals surface area contributed by atoms with E-state index in [1.54, 1.807) is 0 Å². The number of hydrogen-bond donors (Lipinski definition) is 0. The first-order valence-corrected chi connectivity index (χ1v) is 9.32. The minimum atomic E-state index is -0.192. The molecule has 126 valence electrons. The van der Waals surface area contributed by atoms with Crippen molar-refractivity contribution < 1.29 is 9.53 Å². The Morgan fingerprint density at radius 2 is 2.08 bits per heavy atom. The monoisotopic (exact) mass is 323 g/mol. The summed E-state index contributed by atoms with van der Waals surface area (Å²) in [6, 6.07) is 11.9. The first-order chi connectivity index (χ1) is 11.6. The van der Waals surface area contributed by atoms with Crippen LogP contribution in [0.2, 0.25) is 0 Å². The molecule has 0 amide bonds. The molecule has 2 unspecified atom stereocenters. The van der Waals surface area contributed by atoms with E-state index in [2.05, 4.69) is 13.0 Å². The molecule has 0 saturated heterocycles. The summed E-state index contributed by atoms with van der Waals surface area (Å²) in [6.07, 6.45) is 7.55. The summed E-state index contributed by atoms with van der Waals surface area (Å²) in [4.78, 5) is 12.5. The smallest absolute Gasteiger partial charge is 0.338 e. The number of nitriles is 1. The molecule has 24 heavy (non-hydrogen) atoms. The quantitative estimate of drug-likeness (QED) is 0.755. The Morgan fingerprint density at radius 3 is 2.79 bits per heavy atom. The average Bonchev–Trinajstić information content (AvgIpc) is 2.93. The zero-order valence-corrected chi connectivity index (χ0v) is 14.3. The van der Waals surface area contributed by atoms with E-state index in [4.69, 9.17) is 4.74 Å². The van der Waals surface area contributed by atoms with Crippen molar-refractivity contribution in [2.75, 3.05) is 0 Å². The van der Waals surface area contributed by atoms with Crippen molar-refractivity contribution in [3.8, 4) is 6.07 Å². The van der Waals surface area contributed by atoms with E-state index in [-0.39, 0.29) is 22.9 Å². The van der Waals surface area contributed by atoms with Gasteiger partial charge in [0.2, 0.25) is 0 Å². The number of esters is 1. The van der Waals surface area contributed by atoms with E-state index >= 15 is 0 Å². The minimum Gasteiger partial charge on any atom is -0.458 e. The summed E-state index contributed by atoms with van der Waals surface area (Å²) >= 11 is 0. The molecule has 0 aliphatic heterocycles. The molecule has 0 bridgehead atoms. The molecule has 5 atom stereocenters. The van der Waals surface area contributed by atoms with Gasteiger partial charge in [0.05, 0.1) is 17.0 Å². The van der Waals surface area contributed by atoms with Crippen molar-refractivity contribution in [1.29, 1.82) is 5.26 Å². The number of hydrogen-bond acceptors (Lipinski definition) is 3. The number of carbonyl (C=O) groups is 1. The predicted molar refractivity (Wildman–Crippen MR) is 91.1 cm³/mol. The van der Waals surface area contributed by atoms with E-state index in [1.807, 2.05) is 30.3 Å². The molecule has 1 aromatic carbocycles. The van der Waals surface area contributed by atoms with Crippen molar-refractivity contribution in [1.82, 2.24) is 0 Å². The lowest BCUT2D eigenvalue weighted by atomic mass is 9.41. The van der Waals surface area contributed by atoms with Gasteiger partial charge in [0, 0.05) is 5.92 Å². The van der Waals surface area contributed by atoms with Crippen LogP contribution in [0.5, 0.6) is 0 Å². The first-order valence-electron chi connectivity index (χ1n) is 9.32. The van der Waals surface area contributed by atoms with E-state index < -0.39 is 0 Å². The van der Waals surface area contributed by atoms with E-state index in [1.165, 1.54) is 6.42 Å². The van der Waals surface area contributed by atoms with Crippen LogP contribution in [0.15, 0.2) is 30.3 Å². The molecule has 0 heterocycles. The third-order valence-electron chi connectivity index (χ3n) is 7.21. The summed E-state index contributed by atoms with van der Waals surface area (Å²) in [7, 11) is 0. The van der Waals surface area contributed by atoms with Crippen molar-refractivity contribution in [2.24, 2.45) is 22.7 Å². The highest BCUT2D eigenvalue weighted by Gasteiger charge is 2.70. The Kier molecular flexibility index (Phi) is 3.67. The van der Waals surface area contributed by atoms with Crippen LogP contribution in [0.4, 0.5) is 0 Å². The van der Waals surface area contributed by atoms with Crippen LogP contribution in [0.25, 0.3) is 0 Å². The molecular formula is C21H25NO2. The zero-order chi connectivity index (χ0) is 16.8.